The predicted octanol–water partition coefficient (Wildman–Crippen LogP) is 7.97. The third kappa shape index (κ3) is 14.5. The summed E-state index contributed by atoms with van der Waals surface area (Å²) in [5.41, 5.74) is 1.99. The lowest BCUT2D eigenvalue weighted by Gasteiger charge is -2.07. The molecule has 0 aromatic heterocycles. The van der Waals surface area contributed by atoms with Crippen LogP contribution in [0.15, 0.2) is 48.6 Å². The Morgan fingerprint density at radius 1 is 0.579 bits per heavy atom. The average molecular weight is 525 g/mol. The van der Waals surface area contributed by atoms with Gasteiger partial charge in [0.1, 0.15) is 23.0 Å². The summed E-state index contributed by atoms with van der Waals surface area (Å²) < 4.78 is 10.1. The van der Waals surface area contributed by atoms with Crippen molar-refractivity contribution in [2.45, 2.75) is 104 Å². The number of esters is 2. The average Bonchev–Trinajstić information content (AvgIpc) is 2.82. The zero-order valence-electron chi connectivity index (χ0n) is 23.0. The number of aromatic hydroxyl groups is 2. The van der Waals surface area contributed by atoms with E-state index in [0.717, 1.165) is 62.5 Å². The highest BCUT2D eigenvalue weighted by Crippen LogP contribution is 2.24. The van der Waals surface area contributed by atoms with Crippen LogP contribution in [0, 0.1) is 0 Å². The van der Waals surface area contributed by atoms with E-state index in [4.69, 9.17) is 9.47 Å². The zero-order valence-corrected chi connectivity index (χ0v) is 23.0. The highest BCUT2D eigenvalue weighted by atomic mass is 16.5. The van der Waals surface area contributed by atoms with Gasteiger partial charge in [-0.15, -0.1) is 0 Å². The molecule has 2 rings (SSSR count). The van der Waals surface area contributed by atoms with Crippen LogP contribution in [-0.4, -0.2) is 22.2 Å². The molecule has 0 aliphatic rings. The van der Waals surface area contributed by atoms with Gasteiger partial charge in [0, 0.05) is 26.0 Å². The van der Waals surface area contributed by atoms with Gasteiger partial charge in [-0.1, -0.05) is 50.7 Å². The Labute approximate surface area is 227 Å². The van der Waals surface area contributed by atoms with Gasteiger partial charge >= 0.3 is 11.9 Å². The molecule has 2 N–H and O–H groups in total. The highest BCUT2D eigenvalue weighted by Gasteiger charge is 2.05. The van der Waals surface area contributed by atoms with Crippen molar-refractivity contribution >= 4 is 11.9 Å². The van der Waals surface area contributed by atoms with Gasteiger partial charge in [0.05, 0.1) is 0 Å². The van der Waals surface area contributed by atoms with Gasteiger partial charge in [0.2, 0.25) is 0 Å². The summed E-state index contributed by atoms with van der Waals surface area (Å²) >= 11 is 0. The van der Waals surface area contributed by atoms with Gasteiger partial charge in [-0.2, -0.15) is 0 Å². The van der Waals surface area contributed by atoms with E-state index in [-0.39, 0.29) is 23.4 Å². The summed E-state index contributed by atoms with van der Waals surface area (Å²) in [4.78, 5) is 22.2. The minimum atomic E-state index is -0.382. The number of ether oxygens (including phenoxy) is 2. The summed E-state index contributed by atoms with van der Waals surface area (Å²) in [6, 6.07) is 10.0. The summed E-state index contributed by atoms with van der Waals surface area (Å²) in [6.07, 6.45) is 20.4. The number of rotatable bonds is 18. The maximum Gasteiger partial charge on any atom is 0.308 e. The molecule has 6 heteroatoms. The molecule has 0 atom stereocenters. The Kier molecular flexibility index (Phi) is 14.7. The van der Waals surface area contributed by atoms with Crippen molar-refractivity contribution in [2.75, 3.05) is 0 Å². The molecule has 0 unspecified atom stereocenters. The van der Waals surface area contributed by atoms with Gasteiger partial charge in [-0.3, -0.25) is 9.59 Å². The number of carbonyl (C=O) groups excluding carboxylic acids is 2. The van der Waals surface area contributed by atoms with Crippen molar-refractivity contribution in [3.8, 4) is 23.0 Å². The molecule has 0 radical (unpaired) electrons. The van der Waals surface area contributed by atoms with Crippen molar-refractivity contribution in [2.24, 2.45) is 0 Å². The Hall–Kier alpha value is -3.28. The van der Waals surface area contributed by atoms with Crippen LogP contribution in [0.4, 0.5) is 0 Å². The van der Waals surface area contributed by atoms with Gasteiger partial charge in [-0.25, -0.2) is 0 Å². The van der Waals surface area contributed by atoms with Crippen LogP contribution >= 0.6 is 0 Å². The molecule has 0 aliphatic heterocycles. The summed E-state index contributed by atoms with van der Waals surface area (Å²) in [5, 5.41) is 19.6. The molecule has 2 aromatic carbocycles. The molecule has 0 spiro atoms. The summed E-state index contributed by atoms with van der Waals surface area (Å²) in [5.74, 6) is 0.308. The molecular formula is C32H44O6. The number of phenolic OH excluding ortho intramolecular Hbond substituents is 2. The number of hydrogen-bond donors (Lipinski definition) is 2. The van der Waals surface area contributed by atoms with E-state index in [0.29, 0.717) is 11.5 Å². The maximum atomic E-state index is 11.1. The molecule has 2 aromatic rings. The number of unbranched alkanes of at least 4 members (excludes halogenated alkanes) is 10. The van der Waals surface area contributed by atoms with Gasteiger partial charge in [0.15, 0.2) is 0 Å². The van der Waals surface area contributed by atoms with E-state index in [2.05, 4.69) is 12.2 Å². The van der Waals surface area contributed by atoms with E-state index < -0.39 is 0 Å². The van der Waals surface area contributed by atoms with Crippen molar-refractivity contribution in [1.82, 2.24) is 0 Å². The molecular weight excluding hydrogens is 480 g/mol. The van der Waals surface area contributed by atoms with Crippen molar-refractivity contribution in [1.29, 1.82) is 0 Å². The SMILES string of the molecule is CC(=O)Oc1cc(O)cc(CCCCCCC/C=C/CCCCCCCc2cc(O)cc(OC(C)=O)c2)c1. The monoisotopic (exact) mass is 524 g/mol. The van der Waals surface area contributed by atoms with E-state index in [1.165, 1.54) is 64.5 Å². The smallest absolute Gasteiger partial charge is 0.308 e. The van der Waals surface area contributed by atoms with E-state index in [1.807, 2.05) is 12.1 Å². The molecule has 0 aliphatic carbocycles. The Balaban J connectivity index is 1.42. The van der Waals surface area contributed by atoms with E-state index in [9.17, 15) is 19.8 Å². The van der Waals surface area contributed by atoms with Crippen LogP contribution in [0.2, 0.25) is 0 Å². The zero-order chi connectivity index (χ0) is 27.6. The Bertz CT molecular complexity index is 945. The summed E-state index contributed by atoms with van der Waals surface area (Å²) in [7, 11) is 0. The molecule has 0 saturated heterocycles. The Morgan fingerprint density at radius 2 is 0.947 bits per heavy atom. The number of phenols is 2. The lowest BCUT2D eigenvalue weighted by molar-refractivity contribution is -0.132. The maximum absolute atomic E-state index is 11.1. The van der Waals surface area contributed by atoms with Crippen LogP contribution < -0.4 is 9.47 Å². The number of carbonyl (C=O) groups is 2. The van der Waals surface area contributed by atoms with E-state index in [1.54, 1.807) is 12.1 Å². The molecule has 38 heavy (non-hydrogen) atoms. The third-order valence-corrected chi connectivity index (χ3v) is 6.26. The second kappa shape index (κ2) is 18.1. The molecule has 0 saturated carbocycles. The Morgan fingerprint density at radius 3 is 1.34 bits per heavy atom. The first-order chi connectivity index (χ1) is 18.3. The number of benzene rings is 2. The molecule has 208 valence electrons. The molecule has 0 amide bonds. The van der Waals surface area contributed by atoms with Gasteiger partial charge in [0.25, 0.3) is 0 Å². The molecule has 6 nitrogen and oxygen atoms in total. The normalized spacial score (nSPS) is 11.1. The third-order valence-electron chi connectivity index (χ3n) is 6.26. The van der Waals surface area contributed by atoms with Crippen LogP contribution in [0.25, 0.3) is 0 Å². The number of aryl methyl sites for hydroxylation is 2. The van der Waals surface area contributed by atoms with Gasteiger partial charge in [-0.05, 0) is 86.8 Å². The fourth-order valence-electron chi connectivity index (χ4n) is 4.50. The first-order valence-corrected chi connectivity index (χ1v) is 14.0. The highest BCUT2D eigenvalue weighted by molar-refractivity contribution is 5.70. The standard InChI is InChI=1S/C32H44O6/c1-25(33)37-31-21-27(19-29(35)23-31)17-15-13-11-9-7-5-3-4-6-8-10-12-14-16-18-28-20-30(36)24-32(22-28)38-26(2)34/h3-4,19-24,35-36H,5-18H2,1-2H3/b4-3+. The van der Waals surface area contributed by atoms with Crippen LogP contribution in [0.5, 0.6) is 23.0 Å². The fourth-order valence-corrected chi connectivity index (χ4v) is 4.50. The van der Waals surface area contributed by atoms with Crippen LogP contribution in [0.1, 0.15) is 102 Å². The minimum Gasteiger partial charge on any atom is -0.508 e. The summed E-state index contributed by atoms with van der Waals surface area (Å²) in [6.45, 7) is 2.71. The molecule has 0 bridgehead atoms. The largest absolute Gasteiger partial charge is 0.508 e. The number of allylic oxidation sites excluding steroid dienone is 2. The first kappa shape index (κ1) is 30.9. The number of hydrogen-bond acceptors (Lipinski definition) is 6. The van der Waals surface area contributed by atoms with Crippen molar-refractivity contribution < 1.29 is 29.3 Å². The topological polar surface area (TPSA) is 93.1 Å². The van der Waals surface area contributed by atoms with Crippen LogP contribution in [-0.2, 0) is 22.4 Å². The first-order valence-electron chi connectivity index (χ1n) is 14.0. The predicted molar refractivity (Wildman–Crippen MR) is 151 cm³/mol. The van der Waals surface area contributed by atoms with E-state index >= 15 is 0 Å². The minimum absolute atomic E-state index is 0.132. The van der Waals surface area contributed by atoms with Crippen LogP contribution in [0.3, 0.4) is 0 Å². The molecule has 0 heterocycles. The quantitative estimate of drug-likeness (QED) is 0.0889. The van der Waals surface area contributed by atoms with Gasteiger partial charge < -0.3 is 19.7 Å². The lowest BCUT2D eigenvalue weighted by Crippen LogP contribution is -2.01. The second-order valence-corrected chi connectivity index (χ2v) is 9.94. The lowest BCUT2D eigenvalue weighted by atomic mass is 10.0. The van der Waals surface area contributed by atoms with Crippen molar-refractivity contribution in [3.63, 3.8) is 0 Å². The van der Waals surface area contributed by atoms with Crippen molar-refractivity contribution in [3.05, 3.63) is 59.7 Å². The second-order valence-electron chi connectivity index (χ2n) is 9.94. The molecule has 0 fully saturated rings. The fraction of sp³-hybridized carbons (Fsp3) is 0.500.